The summed E-state index contributed by atoms with van der Waals surface area (Å²) in [5, 5.41) is 0. The highest BCUT2D eigenvalue weighted by Gasteiger charge is 2.29. The van der Waals surface area contributed by atoms with E-state index in [9.17, 15) is 9.59 Å². The number of esters is 2. The summed E-state index contributed by atoms with van der Waals surface area (Å²) in [6, 6.07) is 0. The van der Waals surface area contributed by atoms with E-state index in [0.29, 0.717) is 26.1 Å². The van der Waals surface area contributed by atoms with Gasteiger partial charge in [-0.1, -0.05) is 194 Å². The van der Waals surface area contributed by atoms with Gasteiger partial charge in [0.1, 0.15) is 13.2 Å². The lowest BCUT2D eigenvalue weighted by molar-refractivity contribution is -0.159. The third kappa shape index (κ3) is 32.8. The lowest BCUT2D eigenvalue weighted by atomic mass is 10.0. The average molecular weight is 775 g/mol. The van der Waals surface area contributed by atoms with Crippen molar-refractivity contribution in [3.05, 3.63) is 0 Å². The molecule has 0 amide bonds. The van der Waals surface area contributed by atoms with E-state index in [0.717, 1.165) is 50.3 Å². The molecule has 55 heavy (non-hydrogen) atoms. The van der Waals surface area contributed by atoms with Crippen molar-refractivity contribution in [2.75, 3.05) is 13.2 Å². The van der Waals surface area contributed by atoms with Crippen LogP contribution in [0.3, 0.4) is 0 Å². The van der Waals surface area contributed by atoms with E-state index in [4.69, 9.17) is 14.2 Å². The molecule has 0 bridgehead atoms. The van der Waals surface area contributed by atoms with Gasteiger partial charge in [-0.15, -0.1) is 0 Å². The van der Waals surface area contributed by atoms with E-state index in [-0.39, 0.29) is 23.0 Å². The fourth-order valence-electron chi connectivity index (χ4n) is 7.30. The summed E-state index contributed by atoms with van der Waals surface area (Å²) in [7, 11) is 0. The fraction of sp³-hybridized carbons (Fsp3) is 0.917. The van der Waals surface area contributed by atoms with Gasteiger partial charge < -0.3 is 14.2 Å². The Bertz CT molecular complexity index is 926. The molecule has 0 radical (unpaired) electrons. The normalized spacial score (nSPS) is 15.5. The van der Waals surface area contributed by atoms with Crippen LogP contribution in [-0.2, 0) is 23.8 Å². The van der Waals surface area contributed by atoms with Crippen molar-refractivity contribution in [3.63, 3.8) is 0 Å². The van der Waals surface area contributed by atoms with Crippen LogP contribution in [0.5, 0.6) is 0 Å². The molecule has 0 aromatic carbocycles. The van der Waals surface area contributed by atoms with Crippen LogP contribution in [0.25, 0.3) is 0 Å². The van der Waals surface area contributed by atoms with Gasteiger partial charge >= 0.3 is 11.9 Å². The molecule has 7 heteroatoms. The molecule has 0 fully saturated rings. The number of rotatable bonds is 35. The van der Waals surface area contributed by atoms with E-state index >= 15 is 0 Å². The molecule has 0 saturated heterocycles. The lowest BCUT2D eigenvalue weighted by Crippen LogP contribution is -2.17. The predicted molar refractivity (Wildman–Crippen MR) is 234 cm³/mol. The van der Waals surface area contributed by atoms with E-state index in [1.165, 1.54) is 167 Å². The maximum Gasteiger partial charge on any atom is 0.313 e. The number of aliphatic imine (C=N–C) groups is 2. The Morgan fingerprint density at radius 1 is 0.436 bits per heavy atom. The minimum absolute atomic E-state index is 0.0626. The van der Waals surface area contributed by atoms with Crippen molar-refractivity contribution < 1.29 is 23.8 Å². The minimum atomic E-state index is -0.323. The maximum absolute atomic E-state index is 11.9. The molecule has 0 saturated carbocycles. The zero-order valence-corrected chi connectivity index (χ0v) is 37.4. The number of hydrogen-bond acceptors (Lipinski definition) is 7. The van der Waals surface area contributed by atoms with Crippen molar-refractivity contribution in [2.45, 2.75) is 271 Å². The number of unbranched alkanes of at least 4 members (excludes halogenated alkanes) is 28. The molecule has 0 N–H and O–H groups in total. The highest BCUT2D eigenvalue weighted by Crippen LogP contribution is 2.22. The predicted octanol–water partition coefficient (Wildman–Crippen LogP) is 14.8. The average Bonchev–Trinajstić information content (AvgIpc) is 3.69. The molecule has 0 unspecified atom stereocenters. The molecule has 2 aliphatic heterocycles. The zero-order valence-electron chi connectivity index (χ0n) is 37.4. The summed E-state index contributed by atoms with van der Waals surface area (Å²) in [5.74, 6) is 1.02. The van der Waals surface area contributed by atoms with Crippen molar-refractivity contribution in [3.8, 4) is 0 Å². The van der Waals surface area contributed by atoms with E-state index in [1.807, 2.05) is 0 Å². The van der Waals surface area contributed by atoms with Crippen molar-refractivity contribution in [2.24, 2.45) is 9.98 Å². The van der Waals surface area contributed by atoms with Crippen molar-refractivity contribution in [1.82, 2.24) is 0 Å². The Morgan fingerprint density at radius 2 is 0.673 bits per heavy atom. The molecular formula is C48H90N2O5. The first-order valence-corrected chi connectivity index (χ1v) is 23.7. The van der Waals surface area contributed by atoms with Crippen molar-refractivity contribution >= 4 is 23.7 Å². The SMILES string of the molecule is CC1(C)COC(CCC2=NC(C)(C)CO2)=N1.CCCCCCCCCCCCCCCCCC(=O)OC(=O)CCCCCCCCCCCCCCCCC. The Labute approximate surface area is 340 Å². The number of nitrogens with zero attached hydrogens (tertiary/aromatic N) is 2. The van der Waals surface area contributed by atoms with E-state index in [1.54, 1.807) is 0 Å². The summed E-state index contributed by atoms with van der Waals surface area (Å²) >= 11 is 0. The molecule has 0 aromatic heterocycles. The molecule has 2 rings (SSSR count). The third-order valence-electron chi connectivity index (χ3n) is 10.8. The summed E-state index contributed by atoms with van der Waals surface area (Å²) in [6.45, 7) is 14.2. The molecular weight excluding hydrogens is 685 g/mol. The minimum Gasteiger partial charge on any atom is -0.478 e. The highest BCUT2D eigenvalue weighted by atomic mass is 16.6. The molecule has 7 nitrogen and oxygen atoms in total. The van der Waals surface area contributed by atoms with Crippen LogP contribution in [0.2, 0.25) is 0 Å². The van der Waals surface area contributed by atoms with Gasteiger partial charge in [0.05, 0.1) is 11.1 Å². The molecule has 2 aliphatic rings. The highest BCUT2D eigenvalue weighted by molar-refractivity contribution is 5.86. The number of hydrogen-bond donors (Lipinski definition) is 0. The van der Waals surface area contributed by atoms with Gasteiger partial charge in [-0.25, -0.2) is 9.98 Å². The van der Waals surface area contributed by atoms with Crippen LogP contribution in [0.4, 0.5) is 0 Å². The molecule has 0 aromatic rings. The van der Waals surface area contributed by atoms with Crippen molar-refractivity contribution in [1.29, 1.82) is 0 Å². The van der Waals surface area contributed by atoms with Crippen LogP contribution >= 0.6 is 0 Å². The molecule has 2 heterocycles. The number of carbonyl (C=O) groups excluding carboxylic acids is 2. The topological polar surface area (TPSA) is 86.6 Å². The summed E-state index contributed by atoms with van der Waals surface area (Å²) in [6.07, 6.45) is 41.7. The summed E-state index contributed by atoms with van der Waals surface area (Å²) < 4.78 is 16.0. The van der Waals surface area contributed by atoms with Gasteiger partial charge in [0.25, 0.3) is 0 Å². The summed E-state index contributed by atoms with van der Waals surface area (Å²) in [4.78, 5) is 32.8. The Morgan fingerprint density at radius 3 is 0.891 bits per heavy atom. The van der Waals surface area contributed by atoms with Gasteiger partial charge in [0, 0.05) is 25.7 Å². The first-order valence-electron chi connectivity index (χ1n) is 23.7. The second-order valence-electron chi connectivity index (χ2n) is 18.0. The van der Waals surface area contributed by atoms with Gasteiger partial charge in [0.15, 0.2) is 11.8 Å². The first kappa shape index (κ1) is 51.1. The molecule has 0 atom stereocenters. The number of ether oxygens (including phenoxy) is 3. The van der Waals surface area contributed by atoms with Gasteiger partial charge in [-0.3, -0.25) is 9.59 Å². The second kappa shape index (κ2) is 34.1. The maximum atomic E-state index is 11.9. The Hall–Kier alpha value is -1.92. The van der Waals surface area contributed by atoms with Gasteiger partial charge in [-0.05, 0) is 40.5 Å². The van der Waals surface area contributed by atoms with Crippen LogP contribution < -0.4 is 0 Å². The zero-order chi connectivity index (χ0) is 40.3. The summed E-state index contributed by atoms with van der Waals surface area (Å²) in [5.41, 5.74) is -0.125. The Balaban J connectivity index is 0.000000773. The second-order valence-corrected chi connectivity index (χ2v) is 18.0. The monoisotopic (exact) mass is 775 g/mol. The van der Waals surface area contributed by atoms with Crippen LogP contribution in [0.1, 0.15) is 260 Å². The molecule has 0 aliphatic carbocycles. The lowest BCUT2D eigenvalue weighted by Gasteiger charge is -2.07. The third-order valence-corrected chi connectivity index (χ3v) is 10.8. The smallest absolute Gasteiger partial charge is 0.313 e. The van der Waals surface area contributed by atoms with Crippen LogP contribution in [-0.4, -0.2) is 48.0 Å². The fourth-order valence-corrected chi connectivity index (χ4v) is 7.30. The van der Waals surface area contributed by atoms with Crippen LogP contribution in [0.15, 0.2) is 9.98 Å². The van der Waals surface area contributed by atoms with Gasteiger partial charge in [0.2, 0.25) is 0 Å². The largest absolute Gasteiger partial charge is 0.478 e. The molecule has 0 spiro atoms. The standard InChI is InChI=1S/C36H70O3.C12H20N2O2/c1-3-5-7-9-11-13-15-17-19-21-23-25-27-29-31-33-35(37)39-36(38)34-32-30-28-26-24-22-20-18-16-14-12-10-8-6-4-2;1-11(2)7-15-9(13-11)5-6-10-14-12(3,4)8-16-10/h3-34H2,1-2H3;5-8H2,1-4H3. The van der Waals surface area contributed by atoms with Gasteiger partial charge in [-0.2, -0.15) is 0 Å². The first-order chi connectivity index (χ1) is 26.6. The Kier molecular flexibility index (Phi) is 31.7. The quantitative estimate of drug-likeness (QED) is 0.0363. The van der Waals surface area contributed by atoms with E-state index < -0.39 is 0 Å². The van der Waals surface area contributed by atoms with Crippen LogP contribution in [0, 0.1) is 0 Å². The van der Waals surface area contributed by atoms with E-state index in [2.05, 4.69) is 51.5 Å². The molecule has 322 valence electrons. The number of carbonyl (C=O) groups is 2.